The predicted molar refractivity (Wildman–Crippen MR) is 209 cm³/mol. The van der Waals surface area contributed by atoms with Gasteiger partial charge in [0.25, 0.3) is 0 Å². The number of fused-ring (bicyclic) bond motifs is 12. The largest absolute Gasteiger partial charge is 0.457 e. The van der Waals surface area contributed by atoms with E-state index in [2.05, 4.69) is 193 Å². The first-order chi connectivity index (χ1) is 25.3. The molecular formula is C49H31NO. The summed E-state index contributed by atoms with van der Waals surface area (Å²) in [5.74, 6) is 1.81. The van der Waals surface area contributed by atoms with Gasteiger partial charge in [0.15, 0.2) is 0 Å². The Kier molecular flexibility index (Phi) is 5.91. The first-order valence-corrected chi connectivity index (χ1v) is 17.6. The van der Waals surface area contributed by atoms with Crippen LogP contribution in [0.5, 0.6) is 11.5 Å². The van der Waals surface area contributed by atoms with Gasteiger partial charge in [-0.25, -0.2) is 0 Å². The Morgan fingerprint density at radius 3 is 1.73 bits per heavy atom. The molecule has 9 aromatic rings. The fraction of sp³-hybridized carbons (Fsp3) is 0.0204. The number of rotatable bonds is 3. The fourth-order valence-electron chi connectivity index (χ4n) is 9.09. The van der Waals surface area contributed by atoms with Crippen LogP contribution in [0.3, 0.4) is 0 Å². The Morgan fingerprint density at radius 1 is 0.373 bits per heavy atom. The molecule has 0 saturated carbocycles. The van der Waals surface area contributed by atoms with Gasteiger partial charge in [-0.1, -0.05) is 146 Å². The first kappa shape index (κ1) is 28.2. The van der Waals surface area contributed by atoms with Crippen molar-refractivity contribution in [3.63, 3.8) is 0 Å². The Labute approximate surface area is 296 Å². The minimum atomic E-state index is -0.508. The zero-order valence-corrected chi connectivity index (χ0v) is 27.8. The predicted octanol–water partition coefficient (Wildman–Crippen LogP) is 12.6. The van der Waals surface area contributed by atoms with Gasteiger partial charge in [-0.2, -0.15) is 0 Å². The van der Waals surface area contributed by atoms with E-state index in [4.69, 9.17) is 4.74 Å². The minimum absolute atomic E-state index is 0.508. The van der Waals surface area contributed by atoms with Crippen LogP contribution in [0, 0.1) is 0 Å². The van der Waals surface area contributed by atoms with Gasteiger partial charge in [0.2, 0.25) is 0 Å². The maximum Gasteiger partial charge on any atom is 0.132 e. The lowest BCUT2D eigenvalue weighted by Gasteiger charge is -2.39. The lowest BCUT2D eigenvalue weighted by atomic mass is 9.65. The number of hydrogen-bond donors (Lipinski definition) is 0. The van der Waals surface area contributed by atoms with Gasteiger partial charge in [-0.05, 0) is 87.0 Å². The summed E-state index contributed by atoms with van der Waals surface area (Å²) in [4.78, 5) is 0. The summed E-state index contributed by atoms with van der Waals surface area (Å²) >= 11 is 0. The lowest BCUT2D eigenvalue weighted by Crippen LogP contribution is -2.32. The van der Waals surface area contributed by atoms with E-state index in [9.17, 15) is 0 Å². The third-order valence-electron chi connectivity index (χ3n) is 11.1. The third-order valence-corrected chi connectivity index (χ3v) is 11.1. The molecule has 0 bridgehead atoms. The van der Waals surface area contributed by atoms with Gasteiger partial charge in [0.05, 0.1) is 16.4 Å². The van der Waals surface area contributed by atoms with Crippen molar-refractivity contribution in [3.8, 4) is 50.6 Å². The lowest BCUT2D eigenvalue weighted by molar-refractivity contribution is 0.436. The maximum atomic E-state index is 6.75. The summed E-state index contributed by atoms with van der Waals surface area (Å²) in [5.41, 5.74) is 15.3. The molecule has 2 heteroatoms. The molecule has 238 valence electrons. The van der Waals surface area contributed by atoms with Gasteiger partial charge >= 0.3 is 0 Å². The Hall–Kier alpha value is -6.64. The molecule has 8 aromatic carbocycles. The van der Waals surface area contributed by atoms with Crippen LogP contribution in [0.25, 0.3) is 60.9 Å². The van der Waals surface area contributed by atoms with Gasteiger partial charge in [-0.3, -0.25) is 0 Å². The van der Waals surface area contributed by atoms with Crippen molar-refractivity contribution in [2.75, 3.05) is 0 Å². The molecule has 2 aliphatic rings. The van der Waals surface area contributed by atoms with Crippen molar-refractivity contribution in [1.29, 1.82) is 0 Å². The van der Waals surface area contributed by atoms with Crippen molar-refractivity contribution in [2.45, 2.75) is 5.41 Å². The highest BCUT2D eigenvalue weighted by Crippen LogP contribution is 2.62. The monoisotopic (exact) mass is 649 g/mol. The number of benzene rings is 8. The molecule has 0 unspecified atom stereocenters. The first-order valence-electron chi connectivity index (χ1n) is 17.6. The van der Waals surface area contributed by atoms with Crippen molar-refractivity contribution >= 4 is 21.8 Å². The highest BCUT2D eigenvalue weighted by molar-refractivity contribution is 6.16. The van der Waals surface area contributed by atoms with Crippen LogP contribution >= 0.6 is 0 Å². The SMILES string of the molecule is c1ccc(-n2c3ccccc3c3c(-c4ccccc4-c4ccc5c(c4)C4(c6ccccc6O5)c5ccccc5-c5ccccc54)cccc32)cc1. The third kappa shape index (κ3) is 3.82. The van der Waals surface area contributed by atoms with Gasteiger partial charge in [-0.15, -0.1) is 0 Å². The second kappa shape index (κ2) is 10.7. The van der Waals surface area contributed by atoms with E-state index in [0.29, 0.717) is 0 Å². The number of aromatic nitrogens is 1. The molecule has 0 fully saturated rings. The van der Waals surface area contributed by atoms with Gasteiger partial charge in [0, 0.05) is 27.6 Å². The highest BCUT2D eigenvalue weighted by atomic mass is 16.5. The van der Waals surface area contributed by atoms with E-state index < -0.39 is 5.41 Å². The zero-order valence-electron chi connectivity index (χ0n) is 27.8. The molecule has 1 spiro atoms. The van der Waals surface area contributed by atoms with Crippen LogP contribution < -0.4 is 4.74 Å². The molecule has 1 aromatic heterocycles. The maximum absolute atomic E-state index is 6.75. The molecule has 0 radical (unpaired) electrons. The van der Waals surface area contributed by atoms with Crippen LogP contribution in [0.4, 0.5) is 0 Å². The molecular weight excluding hydrogens is 619 g/mol. The molecule has 1 aliphatic carbocycles. The summed E-state index contributed by atoms with van der Waals surface area (Å²) in [6.45, 7) is 0. The Balaban J connectivity index is 1.18. The molecule has 0 amide bonds. The van der Waals surface area contributed by atoms with Crippen LogP contribution in [-0.4, -0.2) is 4.57 Å². The molecule has 11 rings (SSSR count). The molecule has 0 atom stereocenters. The summed E-state index contributed by atoms with van der Waals surface area (Å²) in [7, 11) is 0. The average molecular weight is 650 g/mol. The Bertz CT molecular complexity index is 2800. The van der Waals surface area contributed by atoms with Crippen molar-refractivity contribution in [2.24, 2.45) is 0 Å². The second-order valence-electron chi connectivity index (χ2n) is 13.6. The topological polar surface area (TPSA) is 14.2 Å². The van der Waals surface area contributed by atoms with Crippen LogP contribution in [0.1, 0.15) is 22.3 Å². The molecule has 2 heterocycles. The molecule has 51 heavy (non-hydrogen) atoms. The summed E-state index contributed by atoms with van der Waals surface area (Å²) < 4.78 is 9.14. The zero-order chi connectivity index (χ0) is 33.5. The molecule has 0 N–H and O–H groups in total. The van der Waals surface area contributed by atoms with Crippen molar-refractivity contribution < 1.29 is 4.74 Å². The summed E-state index contributed by atoms with van der Waals surface area (Å²) in [5, 5.41) is 2.50. The van der Waals surface area contributed by atoms with Gasteiger partial charge in [0.1, 0.15) is 11.5 Å². The Morgan fingerprint density at radius 2 is 0.941 bits per heavy atom. The fourth-order valence-corrected chi connectivity index (χ4v) is 9.09. The standard InChI is InChI=1S/C49H31NO/c1-2-15-33(16-3-1)50-44-26-12-8-21-39(44)48-38(22-14-27-45(48)50)35-18-5-4-17-34(35)32-29-30-47-43(31-32)49(42-25-11-13-28-46(42)51-47)40-23-9-6-19-36(40)37-20-7-10-24-41(37)49/h1-31H. The number of ether oxygens (including phenoxy) is 1. The summed E-state index contributed by atoms with van der Waals surface area (Å²) in [6, 6.07) is 68.3. The molecule has 1 aliphatic heterocycles. The van der Waals surface area contributed by atoms with E-state index in [1.165, 1.54) is 71.9 Å². The highest BCUT2D eigenvalue weighted by Gasteiger charge is 2.51. The van der Waals surface area contributed by atoms with Crippen LogP contribution in [0.2, 0.25) is 0 Å². The van der Waals surface area contributed by atoms with Crippen LogP contribution in [0.15, 0.2) is 188 Å². The second-order valence-corrected chi connectivity index (χ2v) is 13.6. The van der Waals surface area contributed by atoms with E-state index in [1.807, 2.05) is 0 Å². The van der Waals surface area contributed by atoms with E-state index in [-0.39, 0.29) is 0 Å². The molecule has 2 nitrogen and oxygen atoms in total. The summed E-state index contributed by atoms with van der Waals surface area (Å²) in [6.07, 6.45) is 0. The van der Waals surface area contributed by atoms with E-state index in [0.717, 1.165) is 22.7 Å². The van der Waals surface area contributed by atoms with Crippen molar-refractivity contribution in [3.05, 3.63) is 210 Å². The smallest absolute Gasteiger partial charge is 0.132 e. The van der Waals surface area contributed by atoms with Crippen LogP contribution in [-0.2, 0) is 5.41 Å². The minimum Gasteiger partial charge on any atom is -0.457 e. The van der Waals surface area contributed by atoms with Crippen molar-refractivity contribution in [1.82, 2.24) is 4.57 Å². The van der Waals surface area contributed by atoms with E-state index in [1.54, 1.807) is 0 Å². The quantitative estimate of drug-likeness (QED) is 0.186. The number of hydrogen-bond acceptors (Lipinski definition) is 1. The average Bonchev–Trinajstić information content (AvgIpc) is 3.70. The normalized spacial score (nSPS) is 13.4. The number of nitrogens with zero attached hydrogens (tertiary/aromatic N) is 1. The molecule has 0 saturated heterocycles. The van der Waals surface area contributed by atoms with Gasteiger partial charge < -0.3 is 9.30 Å². The number of para-hydroxylation sites is 3. The van der Waals surface area contributed by atoms with E-state index >= 15 is 0 Å².